The van der Waals surface area contributed by atoms with Crippen molar-refractivity contribution in [1.29, 1.82) is 0 Å². The minimum atomic E-state index is -0.876. The Hall–Kier alpha value is -4.13. The fraction of sp³-hybridized carbons (Fsp3) is 0.125. The van der Waals surface area contributed by atoms with Crippen molar-refractivity contribution >= 4 is 29.2 Å². The van der Waals surface area contributed by atoms with Crippen LogP contribution < -0.4 is 15.4 Å². The number of anilines is 2. The molecule has 3 aromatic carbocycles. The predicted molar refractivity (Wildman–Crippen MR) is 117 cm³/mol. The first-order valence-corrected chi connectivity index (χ1v) is 9.66. The molecule has 0 aliphatic heterocycles. The molecule has 31 heavy (non-hydrogen) atoms. The number of ether oxygens (including phenoxy) is 2. The van der Waals surface area contributed by atoms with Gasteiger partial charge in [-0.2, -0.15) is 0 Å². The Morgan fingerprint density at radius 3 is 2.13 bits per heavy atom. The lowest BCUT2D eigenvalue weighted by atomic mass is 10.1. The summed E-state index contributed by atoms with van der Waals surface area (Å²) >= 11 is 0. The fourth-order valence-electron chi connectivity index (χ4n) is 2.70. The molecule has 1 atom stereocenters. The van der Waals surface area contributed by atoms with E-state index < -0.39 is 24.6 Å². The lowest BCUT2D eigenvalue weighted by Crippen LogP contribution is -2.30. The van der Waals surface area contributed by atoms with Crippen LogP contribution in [0.1, 0.15) is 17.3 Å². The summed E-state index contributed by atoms with van der Waals surface area (Å²) in [6.45, 7) is 1.03. The van der Waals surface area contributed by atoms with Gasteiger partial charge in [-0.3, -0.25) is 9.59 Å². The Morgan fingerprint density at radius 1 is 0.806 bits per heavy atom. The molecule has 0 aromatic heterocycles. The molecule has 7 nitrogen and oxygen atoms in total. The van der Waals surface area contributed by atoms with Crippen molar-refractivity contribution in [3.8, 4) is 5.75 Å². The Morgan fingerprint density at radius 2 is 1.42 bits per heavy atom. The van der Waals surface area contributed by atoms with Gasteiger partial charge in [0.1, 0.15) is 5.75 Å². The maximum atomic E-state index is 12.6. The number of hydrogen-bond acceptors (Lipinski definition) is 5. The summed E-state index contributed by atoms with van der Waals surface area (Å²) in [6.07, 6.45) is -0.876. The van der Waals surface area contributed by atoms with E-state index in [9.17, 15) is 14.4 Å². The molecule has 2 amide bonds. The number of benzene rings is 3. The van der Waals surface area contributed by atoms with Gasteiger partial charge in [0.15, 0.2) is 12.7 Å². The van der Waals surface area contributed by atoms with Crippen LogP contribution in [0.25, 0.3) is 0 Å². The van der Waals surface area contributed by atoms with Gasteiger partial charge in [-0.25, -0.2) is 4.79 Å². The molecule has 0 aliphatic carbocycles. The molecule has 3 aromatic rings. The van der Waals surface area contributed by atoms with E-state index in [2.05, 4.69) is 10.6 Å². The molecule has 0 unspecified atom stereocenters. The van der Waals surface area contributed by atoms with Gasteiger partial charge in [-0.1, -0.05) is 48.5 Å². The summed E-state index contributed by atoms with van der Waals surface area (Å²) in [5, 5.41) is 5.37. The molecule has 158 valence electrons. The summed E-state index contributed by atoms with van der Waals surface area (Å²) in [4.78, 5) is 36.9. The van der Waals surface area contributed by atoms with Gasteiger partial charge in [-0.15, -0.1) is 0 Å². The third kappa shape index (κ3) is 6.43. The van der Waals surface area contributed by atoms with Crippen LogP contribution in [0.5, 0.6) is 5.75 Å². The van der Waals surface area contributed by atoms with Crippen molar-refractivity contribution in [2.75, 3.05) is 17.2 Å². The van der Waals surface area contributed by atoms with Gasteiger partial charge in [0.2, 0.25) is 0 Å². The maximum Gasteiger partial charge on any atom is 0.347 e. The second-order valence-electron chi connectivity index (χ2n) is 6.59. The van der Waals surface area contributed by atoms with Gasteiger partial charge in [0, 0.05) is 5.69 Å². The number of carbonyl (C=O) groups is 3. The molecule has 0 aliphatic rings. The van der Waals surface area contributed by atoms with Crippen molar-refractivity contribution < 1.29 is 23.9 Å². The number of carbonyl (C=O) groups excluding carboxylic acids is 3. The van der Waals surface area contributed by atoms with E-state index in [1.54, 1.807) is 72.8 Å². The molecule has 0 saturated carbocycles. The molecular formula is C24H22N2O5. The zero-order chi connectivity index (χ0) is 22.1. The summed E-state index contributed by atoms with van der Waals surface area (Å²) < 4.78 is 10.5. The highest BCUT2D eigenvalue weighted by molar-refractivity contribution is 6.10. The van der Waals surface area contributed by atoms with Crippen LogP contribution in [-0.2, 0) is 14.3 Å². The van der Waals surface area contributed by atoms with E-state index in [-0.39, 0.29) is 11.5 Å². The van der Waals surface area contributed by atoms with Crippen LogP contribution >= 0.6 is 0 Å². The second kappa shape index (κ2) is 10.6. The number of nitrogens with one attached hydrogen (secondary N) is 2. The van der Waals surface area contributed by atoms with Crippen LogP contribution in [0.2, 0.25) is 0 Å². The van der Waals surface area contributed by atoms with E-state index in [1.165, 1.54) is 6.92 Å². The lowest BCUT2D eigenvalue weighted by molar-refractivity contribution is -0.153. The van der Waals surface area contributed by atoms with Gasteiger partial charge >= 0.3 is 5.97 Å². The maximum absolute atomic E-state index is 12.6. The van der Waals surface area contributed by atoms with Crippen molar-refractivity contribution in [1.82, 2.24) is 0 Å². The monoisotopic (exact) mass is 418 g/mol. The topological polar surface area (TPSA) is 93.7 Å². The fourth-order valence-corrected chi connectivity index (χ4v) is 2.70. The average molecular weight is 418 g/mol. The summed E-state index contributed by atoms with van der Waals surface area (Å²) in [6, 6.07) is 24.4. The molecule has 0 radical (unpaired) electrons. The number of hydrogen-bond donors (Lipinski definition) is 2. The second-order valence-corrected chi connectivity index (χ2v) is 6.59. The van der Waals surface area contributed by atoms with Gasteiger partial charge in [0.05, 0.1) is 11.3 Å². The van der Waals surface area contributed by atoms with Crippen LogP contribution in [0.4, 0.5) is 11.4 Å². The molecule has 7 heteroatoms. The predicted octanol–water partition coefficient (Wildman–Crippen LogP) is 3.89. The van der Waals surface area contributed by atoms with E-state index in [0.717, 1.165) is 0 Å². The minimum Gasteiger partial charge on any atom is -0.479 e. The van der Waals surface area contributed by atoms with Gasteiger partial charge < -0.3 is 20.1 Å². The quantitative estimate of drug-likeness (QED) is 0.542. The van der Waals surface area contributed by atoms with Crippen LogP contribution in [0.15, 0.2) is 84.9 Å². The number of esters is 1. The molecule has 0 heterocycles. The number of para-hydroxylation sites is 3. The molecule has 0 spiro atoms. The Kier molecular flexibility index (Phi) is 7.37. The SMILES string of the molecule is C[C@@H](Oc1ccccc1)C(=O)OCC(=O)Nc1ccccc1C(=O)Nc1ccccc1. The Labute approximate surface area is 180 Å². The van der Waals surface area contributed by atoms with Crippen molar-refractivity contribution in [3.63, 3.8) is 0 Å². The van der Waals surface area contributed by atoms with Crippen molar-refractivity contribution in [2.24, 2.45) is 0 Å². The minimum absolute atomic E-state index is 0.284. The normalized spacial score (nSPS) is 11.1. The first kappa shape index (κ1) is 21.6. The largest absolute Gasteiger partial charge is 0.479 e. The first-order chi connectivity index (χ1) is 15.0. The van der Waals surface area contributed by atoms with E-state index >= 15 is 0 Å². The molecule has 0 bridgehead atoms. The highest BCUT2D eigenvalue weighted by atomic mass is 16.6. The molecule has 0 fully saturated rings. The summed E-state index contributed by atoms with van der Waals surface area (Å²) in [5.74, 6) is -1.09. The zero-order valence-electron chi connectivity index (χ0n) is 16.9. The van der Waals surface area contributed by atoms with Crippen LogP contribution in [-0.4, -0.2) is 30.5 Å². The standard InChI is InChI=1S/C24H22N2O5/c1-17(31-19-12-6-3-7-13-19)24(29)30-16-22(27)26-21-15-9-8-14-20(21)23(28)25-18-10-4-2-5-11-18/h2-15,17H,16H2,1H3,(H,25,28)(H,26,27)/t17-/m1/s1. The average Bonchev–Trinajstić information content (AvgIpc) is 2.79. The third-order valence-electron chi connectivity index (χ3n) is 4.21. The van der Waals surface area contributed by atoms with Crippen LogP contribution in [0, 0.1) is 0 Å². The van der Waals surface area contributed by atoms with E-state index in [1.807, 2.05) is 12.1 Å². The molecule has 0 saturated heterocycles. The number of amides is 2. The van der Waals surface area contributed by atoms with Gasteiger partial charge in [0.25, 0.3) is 11.8 Å². The van der Waals surface area contributed by atoms with E-state index in [0.29, 0.717) is 17.1 Å². The summed E-state index contributed by atoms with van der Waals surface area (Å²) in [7, 11) is 0. The smallest absolute Gasteiger partial charge is 0.347 e. The van der Waals surface area contributed by atoms with Crippen molar-refractivity contribution in [2.45, 2.75) is 13.0 Å². The number of rotatable bonds is 8. The third-order valence-corrected chi connectivity index (χ3v) is 4.21. The molecular weight excluding hydrogens is 396 g/mol. The summed E-state index contributed by atoms with van der Waals surface area (Å²) in [5.41, 5.74) is 1.23. The van der Waals surface area contributed by atoms with Gasteiger partial charge in [-0.05, 0) is 43.3 Å². The molecule has 2 N–H and O–H groups in total. The highest BCUT2D eigenvalue weighted by Gasteiger charge is 2.19. The van der Waals surface area contributed by atoms with Crippen molar-refractivity contribution in [3.05, 3.63) is 90.5 Å². The first-order valence-electron chi connectivity index (χ1n) is 9.66. The Balaban J connectivity index is 1.54. The molecule has 3 rings (SSSR count). The van der Waals surface area contributed by atoms with E-state index in [4.69, 9.17) is 9.47 Å². The van der Waals surface area contributed by atoms with Crippen LogP contribution in [0.3, 0.4) is 0 Å². The lowest BCUT2D eigenvalue weighted by Gasteiger charge is -2.14. The highest BCUT2D eigenvalue weighted by Crippen LogP contribution is 2.17. The zero-order valence-corrected chi connectivity index (χ0v) is 16.9. The Bertz CT molecular complexity index is 1040.